The maximum atomic E-state index is 13.7. The van der Waals surface area contributed by atoms with Crippen molar-refractivity contribution in [3.8, 4) is 0 Å². The Morgan fingerprint density at radius 3 is 3.08 bits per heavy atom. The molecule has 1 atom stereocenters. The molecule has 1 aliphatic rings. The van der Waals surface area contributed by atoms with Gasteiger partial charge in [-0.2, -0.15) is 0 Å². The predicted octanol–water partition coefficient (Wildman–Crippen LogP) is 1.74. The second-order valence-electron chi connectivity index (χ2n) is 5.91. The average molecular weight is 365 g/mol. The Bertz CT molecular complexity index is 720. The number of hydrogen-bond donors (Lipinski definition) is 0. The lowest BCUT2D eigenvalue weighted by Gasteiger charge is -2.17. The summed E-state index contributed by atoms with van der Waals surface area (Å²) in [5.41, 5.74) is 0.492. The fourth-order valence-corrected chi connectivity index (χ4v) is 3.43. The van der Waals surface area contributed by atoms with Gasteiger partial charge >= 0.3 is 0 Å². The third-order valence-electron chi connectivity index (χ3n) is 4.02. The molecule has 1 saturated heterocycles. The van der Waals surface area contributed by atoms with E-state index < -0.39 is 0 Å². The standard InChI is InChI=1S/C16H20FN5O2S/c1-21(9-12-5-2-3-7-14(12)17)15(23)11-25-16-18-19-20-22(16)10-13-6-4-8-24-13/h2-3,5,7,13H,4,6,8-11H2,1H3. The highest BCUT2D eigenvalue weighted by molar-refractivity contribution is 7.99. The number of thioether (sulfide) groups is 1. The highest BCUT2D eigenvalue weighted by Gasteiger charge is 2.20. The van der Waals surface area contributed by atoms with Crippen LogP contribution in [0.1, 0.15) is 18.4 Å². The molecule has 0 spiro atoms. The SMILES string of the molecule is CN(Cc1ccccc1F)C(=O)CSc1nnnn1CC1CCCO1. The highest BCUT2D eigenvalue weighted by atomic mass is 32.2. The molecular formula is C16H20FN5O2S. The third-order valence-corrected chi connectivity index (χ3v) is 4.96. The number of ether oxygens (including phenoxy) is 1. The summed E-state index contributed by atoms with van der Waals surface area (Å²) >= 11 is 1.27. The highest BCUT2D eigenvalue weighted by Crippen LogP contribution is 2.19. The van der Waals surface area contributed by atoms with Gasteiger partial charge < -0.3 is 9.64 Å². The number of hydrogen-bond acceptors (Lipinski definition) is 6. The number of tetrazole rings is 1. The summed E-state index contributed by atoms with van der Waals surface area (Å²) in [5, 5.41) is 12.2. The monoisotopic (exact) mass is 365 g/mol. The van der Waals surface area contributed by atoms with Crippen LogP contribution in [0.4, 0.5) is 4.39 Å². The number of benzene rings is 1. The van der Waals surface area contributed by atoms with Gasteiger partial charge in [-0.05, 0) is 29.3 Å². The summed E-state index contributed by atoms with van der Waals surface area (Å²) in [6.07, 6.45) is 2.17. The van der Waals surface area contributed by atoms with Crippen molar-refractivity contribution in [1.82, 2.24) is 25.1 Å². The van der Waals surface area contributed by atoms with Gasteiger partial charge in [0.1, 0.15) is 5.82 Å². The second-order valence-corrected chi connectivity index (χ2v) is 6.85. The molecule has 25 heavy (non-hydrogen) atoms. The maximum Gasteiger partial charge on any atom is 0.233 e. The molecule has 0 N–H and O–H groups in total. The van der Waals surface area contributed by atoms with Gasteiger partial charge in [-0.25, -0.2) is 9.07 Å². The number of carbonyl (C=O) groups excluding carboxylic acids is 1. The van der Waals surface area contributed by atoms with Crippen LogP contribution in [0, 0.1) is 5.82 Å². The van der Waals surface area contributed by atoms with Crippen molar-refractivity contribution in [2.24, 2.45) is 0 Å². The molecule has 1 aromatic carbocycles. The average Bonchev–Trinajstić information content (AvgIpc) is 3.27. The summed E-state index contributed by atoms with van der Waals surface area (Å²) in [6.45, 7) is 1.59. The van der Waals surface area contributed by atoms with Crippen LogP contribution in [0.3, 0.4) is 0 Å². The molecule has 0 aliphatic carbocycles. The van der Waals surface area contributed by atoms with Crippen LogP contribution in [-0.2, 0) is 22.6 Å². The lowest BCUT2D eigenvalue weighted by molar-refractivity contribution is -0.127. The Balaban J connectivity index is 1.52. The van der Waals surface area contributed by atoms with Gasteiger partial charge in [0.2, 0.25) is 11.1 Å². The Morgan fingerprint density at radius 1 is 1.48 bits per heavy atom. The molecule has 1 aromatic heterocycles. The maximum absolute atomic E-state index is 13.7. The van der Waals surface area contributed by atoms with Gasteiger partial charge in [0.15, 0.2) is 0 Å². The smallest absolute Gasteiger partial charge is 0.233 e. The number of aromatic nitrogens is 4. The number of halogens is 1. The van der Waals surface area contributed by atoms with Crippen molar-refractivity contribution in [1.29, 1.82) is 0 Å². The molecule has 0 bridgehead atoms. The van der Waals surface area contributed by atoms with Crippen molar-refractivity contribution in [3.05, 3.63) is 35.6 Å². The topological polar surface area (TPSA) is 73.1 Å². The Kier molecular flexibility index (Phi) is 5.98. The number of rotatable bonds is 7. The van der Waals surface area contributed by atoms with E-state index >= 15 is 0 Å². The van der Waals surface area contributed by atoms with Crippen LogP contribution in [0.5, 0.6) is 0 Å². The first-order valence-corrected chi connectivity index (χ1v) is 9.10. The minimum absolute atomic E-state index is 0.111. The third kappa shape index (κ3) is 4.76. The van der Waals surface area contributed by atoms with Crippen LogP contribution < -0.4 is 0 Å². The fourth-order valence-electron chi connectivity index (χ4n) is 2.60. The van der Waals surface area contributed by atoms with Crippen LogP contribution in [0.15, 0.2) is 29.4 Å². The summed E-state index contributed by atoms with van der Waals surface area (Å²) in [5.74, 6) is -0.230. The first kappa shape index (κ1) is 17.8. The summed E-state index contributed by atoms with van der Waals surface area (Å²) in [4.78, 5) is 13.8. The van der Waals surface area contributed by atoms with E-state index in [-0.39, 0.29) is 30.1 Å². The molecule has 9 heteroatoms. The summed E-state index contributed by atoms with van der Waals surface area (Å²) in [6, 6.07) is 6.45. The van der Waals surface area contributed by atoms with Crippen LogP contribution in [0.25, 0.3) is 0 Å². The Labute approximate surface area is 149 Å². The minimum Gasteiger partial charge on any atom is -0.376 e. The van der Waals surface area contributed by atoms with Crippen molar-refractivity contribution in [3.63, 3.8) is 0 Å². The number of nitrogens with zero attached hydrogens (tertiary/aromatic N) is 5. The van der Waals surface area contributed by atoms with Crippen molar-refractivity contribution in [2.75, 3.05) is 19.4 Å². The van der Waals surface area contributed by atoms with Gasteiger partial charge in [0.25, 0.3) is 0 Å². The van der Waals surface area contributed by atoms with E-state index in [1.165, 1.54) is 22.7 Å². The van der Waals surface area contributed by atoms with Crippen LogP contribution >= 0.6 is 11.8 Å². The van der Waals surface area contributed by atoms with Gasteiger partial charge in [-0.3, -0.25) is 4.79 Å². The lowest BCUT2D eigenvalue weighted by atomic mass is 10.2. The molecule has 7 nitrogen and oxygen atoms in total. The van der Waals surface area contributed by atoms with E-state index in [9.17, 15) is 9.18 Å². The van der Waals surface area contributed by atoms with Crippen molar-refractivity contribution >= 4 is 17.7 Å². The normalized spacial score (nSPS) is 17.0. The zero-order valence-electron chi connectivity index (χ0n) is 14.0. The predicted molar refractivity (Wildman–Crippen MR) is 90.4 cm³/mol. The van der Waals surface area contributed by atoms with Gasteiger partial charge in [-0.1, -0.05) is 30.0 Å². The first-order valence-electron chi connectivity index (χ1n) is 8.11. The van der Waals surface area contributed by atoms with Gasteiger partial charge in [-0.15, -0.1) is 5.10 Å². The fraction of sp³-hybridized carbons (Fsp3) is 0.500. The van der Waals surface area contributed by atoms with Crippen LogP contribution in [0.2, 0.25) is 0 Å². The molecule has 134 valence electrons. The minimum atomic E-state index is -0.310. The summed E-state index contributed by atoms with van der Waals surface area (Å²) in [7, 11) is 1.66. The van der Waals surface area contributed by atoms with Gasteiger partial charge in [0, 0.05) is 25.8 Å². The largest absolute Gasteiger partial charge is 0.376 e. The van der Waals surface area contributed by atoms with E-state index in [1.54, 1.807) is 29.9 Å². The van der Waals surface area contributed by atoms with E-state index in [0.29, 0.717) is 17.3 Å². The molecule has 1 fully saturated rings. The molecule has 0 radical (unpaired) electrons. The molecule has 0 saturated carbocycles. The van der Waals surface area contributed by atoms with E-state index in [4.69, 9.17) is 4.74 Å². The quantitative estimate of drug-likeness (QED) is 0.696. The Morgan fingerprint density at radius 2 is 2.32 bits per heavy atom. The van der Waals surface area contributed by atoms with Crippen molar-refractivity contribution < 1.29 is 13.9 Å². The molecule has 1 amide bonds. The molecule has 1 aliphatic heterocycles. The number of carbonyl (C=O) groups is 1. The molecule has 1 unspecified atom stereocenters. The second kappa shape index (κ2) is 8.39. The van der Waals surface area contributed by atoms with E-state index in [0.717, 1.165) is 19.4 Å². The molecule has 3 rings (SSSR count). The molecular weight excluding hydrogens is 345 g/mol. The zero-order valence-corrected chi connectivity index (χ0v) is 14.8. The molecule has 2 aromatic rings. The summed E-state index contributed by atoms with van der Waals surface area (Å²) < 4.78 is 20.9. The lowest BCUT2D eigenvalue weighted by Crippen LogP contribution is -2.28. The van der Waals surface area contributed by atoms with Gasteiger partial charge in [0.05, 0.1) is 18.4 Å². The van der Waals surface area contributed by atoms with Crippen molar-refractivity contribution in [2.45, 2.75) is 37.2 Å². The first-order chi connectivity index (χ1) is 12.1. The van der Waals surface area contributed by atoms with Crippen LogP contribution in [-0.4, -0.2) is 56.5 Å². The van der Waals surface area contributed by atoms with E-state index in [1.807, 2.05) is 0 Å². The zero-order chi connectivity index (χ0) is 17.6. The Hall–Kier alpha value is -2.00. The number of amides is 1. The molecule has 2 heterocycles. The van der Waals surface area contributed by atoms with E-state index in [2.05, 4.69) is 15.5 Å².